The number of aryl methyl sites for hydroxylation is 3. The number of benzene rings is 1. The molecule has 0 fully saturated rings. The molecule has 0 spiro atoms. The number of aliphatic carboxylic acids is 1. The second-order valence-corrected chi connectivity index (χ2v) is 4.61. The van der Waals surface area contributed by atoms with Gasteiger partial charge in [0.25, 0.3) is 0 Å². The van der Waals surface area contributed by atoms with Gasteiger partial charge < -0.3 is 14.6 Å². The lowest BCUT2D eigenvalue weighted by molar-refractivity contribution is -0.136. The van der Waals surface area contributed by atoms with E-state index in [0.717, 1.165) is 0 Å². The molecule has 0 aliphatic rings. The topological polar surface area (TPSA) is 87.7 Å². The molecule has 1 heterocycles. The van der Waals surface area contributed by atoms with Crippen LogP contribution in [0.15, 0.2) is 15.3 Å². The van der Waals surface area contributed by atoms with Crippen molar-refractivity contribution in [1.29, 1.82) is 0 Å². The Bertz CT molecular complexity index is 740. The number of aromatic hydroxyl groups is 1. The summed E-state index contributed by atoms with van der Waals surface area (Å²) in [7, 11) is 0. The quantitative estimate of drug-likeness (QED) is 0.809. The summed E-state index contributed by atoms with van der Waals surface area (Å²) in [5.41, 5.74) is 1.50. The lowest BCUT2D eigenvalue weighted by atomic mass is 9.99. The third-order valence-electron chi connectivity index (χ3n) is 3.30. The van der Waals surface area contributed by atoms with Crippen LogP contribution in [0.4, 0.5) is 0 Å². The average molecular weight is 262 g/mol. The van der Waals surface area contributed by atoms with Crippen molar-refractivity contribution in [2.24, 2.45) is 0 Å². The molecule has 0 unspecified atom stereocenters. The Hall–Kier alpha value is -2.30. The van der Waals surface area contributed by atoms with Gasteiger partial charge in [-0.25, -0.2) is 4.79 Å². The molecule has 5 nitrogen and oxygen atoms in total. The molecule has 0 saturated heterocycles. The van der Waals surface area contributed by atoms with E-state index in [2.05, 4.69) is 0 Å². The predicted molar refractivity (Wildman–Crippen MR) is 69.7 cm³/mol. The first-order valence-electron chi connectivity index (χ1n) is 5.80. The molecular weight excluding hydrogens is 248 g/mol. The highest BCUT2D eigenvalue weighted by molar-refractivity contribution is 5.87. The van der Waals surface area contributed by atoms with Gasteiger partial charge in [-0.05, 0) is 38.0 Å². The molecule has 0 bridgehead atoms. The van der Waals surface area contributed by atoms with E-state index in [9.17, 15) is 14.7 Å². The largest absolute Gasteiger partial charge is 0.507 e. The number of carboxylic acid groups (broad SMARTS) is 1. The number of hydrogen-bond acceptors (Lipinski definition) is 4. The maximum absolute atomic E-state index is 11.8. The Morgan fingerprint density at radius 3 is 2.47 bits per heavy atom. The monoisotopic (exact) mass is 262 g/mol. The molecule has 2 N–H and O–H groups in total. The molecule has 2 rings (SSSR count). The number of fused-ring (bicyclic) bond motifs is 1. The Morgan fingerprint density at radius 2 is 1.89 bits per heavy atom. The van der Waals surface area contributed by atoms with Crippen LogP contribution in [-0.4, -0.2) is 16.2 Å². The molecule has 0 aliphatic carbocycles. The van der Waals surface area contributed by atoms with Crippen LogP contribution in [0.5, 0.6) is 5.75 Å². The zero-order valence-electron chi connectivity index (χ0n) is 10.9. The van der Waals surface area contributed by atoms with E-state index in [0.29, 0.717) is 27.7 Å². The molecule has 0 atom stereocenters. The number of phenols is 1. The van der Waals surface area contributed by atoms with E-state index in [1.54, 1.807) is 26.8 Å². The fourth-order valence-corrected chi connectivity index (χ4v) is 2.19. The van der Waals surface area contributed by atoms with E-state index >= 15 is 0 Å². The first-order chi connectivity index (χ1) is 8.82. The van der Waals surface area contributed by atoms with Crippen LogP contribution in [0.1, 0.15) is 22.3 Å². The van der Waals surface area contributed by atoms with Crippen molar-refractivity contribution in [1.82, 2.24) is 0 Å². The van der Waals surface area contributed by atoms with Crippen molar-refractivity contribution in [3.05, 3.63) is 38.7 Å². The van der Waals surface area contributed by atoms with E-state index in [1.165, 1.54) is 0 Å². The highest BCUT2D eigenvalue weighted by atomic mass is 16.4. The van der Waals surface area contributed by atoms with Crippen LogP contribution in [0.3, 0.4) is 0 Å². The number of carbonyl (C=O) groups is 1. The number of rotatable bonds is 2. The summed E-state index contributed by atoms with van der Waals surface area (Å²) in [5, 5.41) is 19.3. The highest BCUT2D eigenvalue weighted by Crippen LogP contribution is 2.31. The summed E-state index contributed by atoms with van der Waals surface area (Å²) in [6.45, 7) is 5.08. The maximum atomic E-state index is 11.8. The van der Waals surface area contributed by atoms with Crippen molar-refractivity contribution in [2.45, 2.75) is 27.2 Å². The van der Waals surface area contributed by atoms with E-state index in [1.807, 2.05) is 0 Å². The lowest BCUT2D eigenvalue weighted by Gasteiger charge is -2.11. The van der Waals surface area contributed by atoms with Gasteiger partial charge in [0.05, 0.1) is 12.0 Å². The summed E-state index contributed by atoms with van der Waals surface area (Å²) < 4.78 is 5.16. The minimum absolute atomic E-state index is 0.0843. The molecule has 0 amide bonds. The molecule has 1 aromatic carbocycles. The smallest absolute Gasteiger partial charge is 0.340 e. The normalized spacial score (nSPS) is 10.9. The molecule has 5 heteroatoms. The number of hydrogen-bond donors (Lipinski definition) is 2. The number of carboxylic acids is 1. The van der Waals surface area contributed by atoms with Gasteiger partial charge in [0, 0.05) is 10.9 Å². The molecule has 0 aliphatic heterocycles. The van der Waals surface area contributed by atoms with Crippen molar-refractivity contribution in [2.75, 3.05) is 0 Å². The minimum Gasteiger partial charge on any atom is -0.507 e. The Balaban J connectivity index is 2.89. The highest BCUT2D eigenvalue weighted by Gasteiger charge is 2.17. The Labute approximate surface area is 109 Å². The van der Waals surface area contributed by atoms with Crippen LogP contribution in [-0.2, 0) is 11.2 Å². The van der Waals surface area contributed by atoms with Gasteiger partial charge in [-0.1, -0.05) is 0 Å². The first-order valence-corrected chi connectivity index (χ1v) is 5.80. The lowest BCUT2D eigenvalue weighted by Crippen LogP contribution is -2.15. The van der Waals surface area contributed by atoms with E-state index in [-0.39, 0.29) is 17.7 Å². The molecule has 19 heavy (non-hydrogen) atoms. The second-order valence-electron chi connectivity index (χ2n) is 4.61. The van der Waals surface area contributed by atoms with Gasteiger partial charge in [0.1, 0.15) is 11.3 Å². The second kappa shape index (κ2) is 4.42. The van der Waals surface area contributed by atoms with Gasteiger partial charge in [0.15, 0.2) is 0 Å². The standard InChI is InChI=1S/C14H14O5/c1-6-4-9-7(2)10(5-11(15)16)14(18)19-13(9)8(3)12(6)17/h4,17H,5H2,1-3H3,(H,15,16). The summed E-state index contributed by atoms with van der Waals surface area (Å²) in [4.78, 5) is 22.6. The van der Waals surface area contributed by atoms with E-state index < -0.39 is 11.6 Å². The average Bonchev–Trinajstić information content (AvgIpc) is 2.33. The predicted octanol–water partition coefficient (Wildman–Crippen LogP) is 2.05. The zero-order valence-corrected chi connectivity index (χ0v) is 10.9. The SMILES string of the molecule is Cc1cc2c(C)c(CC(=O)O)c(=O)oc2c(C)c1O. The van der Waals surface area contributed by atoms with Gasteiger partial charge >= 0.3 is 11.6 Å². The van der Waals surface area contributed by atoms with Gasteiger partial charge in [0.2, 0.25) is 0 Å². The van der Waals surface area contributed by atoms with Gasteiger partial charge in [-0.15, -0.1) is 0 Å². The third-order valence-corrected chi connectivity index (χ3v) is 3.30. The zero-order chi connectivity index (χ0) is 14.3. The van der Waals surface area contributed by atoms with Gasteiger partial charge in [-0.2, -0.15) is 0 Å². The Kier molecular flexibility index (Phi) is 3.06. The van der Waals surface area contributed by atoms with Crippen LogP contribution in [0.2, 0.25) is 0 Å². The molecule has 0 radical (unpaired) electrons. The van der Waals surface area contributed by atoms with Crippen molar-refractivity contribution in [3.63, 3.8) is 0 Å². The third kappa shape index (κ3) is 2.07. The summed E-state index contributed by atoms with van der Waals surface area (Å²) >= 11 is 0. The molecule has 0 saturated carbocycles. The van der Waals surface area contributed by atoms with Crippen LogP contribution in [0.25, 0.3) is 11.0 Å². The van der Waals surface area contributed by atoms with Crippen LogP contribution >= 0.6 is 0 Å². The van der Waals surface area contributed by atoms with Crippen LogP contribution in [0, 0.1) is 20.8 Å². The summed E-state index contributed by atoms with van der Waals surface area (Å²) in [6, 6.07) is 1.70. The molecule has 1 aromatic heterocycles. The first kappa shape index (κ1) is 13.1. The fourth-order valence-electron chi connectivity index (χ4n) is 2.19. The van der Waals surface area contributed by atoms with Crippen molar-refractivity contribution < 1.29 is 19.4 Å². The summed E-state index contributed by atoms with van der Waals surface area (Å²) in [5.74, 6) is -0.997. The Morgan fingerprint density at radius 1 is 1.26 bits per heavy atom. The minimum atomic E-state index is -1.08. The molecule has 2 aromatic rings. The van der Waals surface area contributed by atoms with Crippen molar-refractivity contribution in [3.8, 4) is 5.75 Å². The van der Waals surface area contributed by atoms with Crippen LogP contribution < -0.4 is 5.63 Å². The fraction of sp³-hybridized carbons (Fsp3) is 0.286. The van der Waals surface area contributed by atoms with Gasteiger partial charge in [-0.3, -0.25) is 4.79 Å². The molecule has 100 valence electrons. The molecular formula is C14H14O5. The maximum Gasteiger partial charge on any atom is 0.340 e. The van der Waals surface area contributed by atoms with E-state index in [4.69, 9.17) is 9.52 Å². The number of phenolic OH excluding ortho intramolecular Hbond substituents is 1. The summed E-state index contributed by atoms with van der Waals surface area (Å²) in [6.07, 6.45) is -0.372. The van der Waals surface area contributed by atoms with Crippen molar-refractivity contribution >= 4 is 16.9 Å².